The van der Waals surface area contributed by atoms with Gasteiger partial charge in [-0.15, -0.1) is 0 Å². The number of amides is 2. The molecule has 1 aromatic rings. The molecule has 0 radical (unpaired) electrons. The molecule has 4 N–H and O–H groups in total. The van der Waals surface area contributed by atoms with E-state index in [0.29, 0.717) is 18.9 Å². The Hall–Kier alpha value is -1.63. The molecule has 0 bridgehead atoms. The molecule has 1 aliphatic heterocycles. The van der Waals surface area contributed by atoms with Gasteiger partial charge in [0.1, 0.15) is 0 Å². The molecule has 2 amide bonds. The van der Waals surface area contributed by atoms with Crippen molar-refractivity contribution >= 4 is 11.7 Å². The molecule has 6 nitrogen and oxygen atoms in total. The van der Waals surface area contributed by atoms with Gasteiger partial charge in [0, 0.05) is 11.7 Å². The summed E-state index contributed by atoms with van der Waals surface area (Å²) in [7, 11) is 0. The van der Waals surface area contributed by atoms with E-state index < -0.39 is 11.8 Å². The summed E-state index contributed by atoms with van der Waals surface area (Å²) >= 11 is 0. The molecule has 1 saturated heterocycles. The zero-order valence-electron chi connectivity index (χ0n) is 12.7. The number of hydrogen-bond donors (Lipinski definition) is 3. The number of benzene rings is 1. The molecule has 0 saturated carbocycles. The highest BCUT2D eigenvalue weighted by Gasteiger charge is 2.28. The van der Waals surface area contributed by atoms with Gasteiger partial charge >= 0.3 is 6.03 Å². The minimum atomic E-state index is -0.562. The molecule has 1 fully saturated rings. The van der Waals surface area contributed by atoms with Crippen LogP contribution in [-0.2, 0) is 9.47 Å². The van der Waals surface area contributed by atoms with Gasteiger partial charge in [0.15, 0.2) is 5.79 Å². The van der Waals surface area contributed by atoms with Crippen LogP contribution in [0.15, 0.2) is 24.3 Å². The number of ether oxygens (including phenoxy) is 2. The number of carbonyl (C=O) groups is 1. The van der Waals surface area contributed by atoms with Crippen LogP contribution in [0, 0.1) is 0 Å². The van der Waals surface area contributed by atoms with Gasteiger partial charge in [-0.2, -0.15) is 0 Å². The van der Waals surface area contributed by atoms with Crippen LogP contribution in [0.2, 0.25) is 0 Å². The number of nitrogens with one attached hydrogen (secondary N) is 2. The van der Waals surface area contributed by atoms with Crippen LogP contribution < -0.4 is 16.4 Å². The quantitative estimate of drug-likeness (QED) is 0.792. The lowest BCUT2D eigenvalue weighted by molar-refractivity contribution is -0.253. The third kappa shape index (κ3) is 4.70. The number of nitrogens with two attached hydrogens (primary N) is 1. The SMILES string of the molecule is CC(NC1COC(C)(C)OC1)c1ccc(NC(N)=O)cc1. The molecule has 1 atom stereocenters. The zero-order valence-corrected chi connectivity index (χ0v) is 12.7. The summed E-state index contributed by atoms with van der Waals surface area (Å²) in [6, 6.07) is 7.33. The second-order valence-electron chi connectivity index (χ2n) is 5.72. The number of urea groups is 1. The van der Waals surface area contributed by atoms with E-state index in [1.165, 1.54) is 0 Å². The first-order chi connectivity index (χ1) is 9.85. The van der Waals surface area contributed by atoms with Crippen molar-refractivity contribution in [2.45, 2.75) is 38.6 Å². The minimum Gasteiger partial charge on any atom is -0.351 e. The normalized spacial score (nSPS) is 20.0. The Balaban J connectivity index is 1.88. The van der Waals surface area contributed by atoms with Crippen molar-refractivity contribution in [1.29, 1.82) is 0 Å². The molecule has 6 heteroatoms. The van der Waals surface area contributed by atoms with Gasteiger partial charge in [-0.1, -0.05) is 12.1 Å². The Morgan fingerprint density at radius 2 is 1.86 bits per heavy atom. The Morgan fingerprint density at radius 1 is 1.29 bits per heavy atom. The first-order valence-electron chi connectivity index (χ1n) is 7.06. The van der Waals surface area contributed by atoms with E-state index in [4.69, 9.17) is 15.2 Å². The maximum atomic E-state index is 10.8. The van der Waals surface area contributed by atoms with E-state index in [9.17, 15) is 4.79 Å². The van der Waals surface area contributed by atoms with Crippen LogP contribution in [0.4, 0.5) is 10.5 Å². The van der Waals surface area contributed by atoms with Crippen LogP contribution >= 0.6 is 0 Å². The third-order valence-corrected chi connectivity index (χ3v) is 3.43. The number of hydrogen-bond acceptors (Lipinski definition) is 4. The molecule has 21 heavy (non-hydrogen) atoms. The monoisotopic (exact) mass is 293 g/mol. The van der Waals surface area contributed by atoms with Crippen molar-refractivity contribution in [2.75, 3.05) is 18.5 Å². The maximum Gasteiger partial charge on any atom is 0.316 e. The van der Waals surface area contributed by atoms with Gasteiger partial charge in [0.05, 0.1) is 19.3 Å². The zero-order chi connectivity index (χ0) is 15.5. The van der Waals surface area contributed by atoms with E-state index in [-0.39, 0.29) is 12.1 Å². The molecule has 0 spiro atoms. The number of anilines is 1. The van der Waals surface area contributed by atoms with E-state index in [2.05, 4.69) is 17.6 Å². The van der Waals surface area contributed by atoms with Crippen molar-refractivity contribution < 1.29 is 14.3 Å². The highest BCUT2D eigenvalue weighted by atomic mass is 16.7. The van der Waals surface area contributed by atoms with E-state index in [1.54, 1.807) is 0 Å². The lowest BCUT2D eigenvalue weighted by atomic mass is 10.1. The summed E-state index contributed by atoms with van der Waals surface area (Å²) in [5.74, 6) is -0.497. The van der Waals surface area contributed by atoms with Crippen molar-refractivity contribution in [2.24, 2.45) is 5.73 Å². The van der Waals surface area contributed by atoms with Crippen LogP contribution in [0.3, 0.4) is 0 Å². The van der Waals surface area contributed by atoms with Crippen molar-refractivity contribution in [3.63, 3.8) is 0 Å². The fourth-order valence-electron chi connectivity index (χ4n) is 2.24. The average molecular weight is 293 g/mol. The second kappa shape index (κ2) is 6.43. The largest absolute Gasteiger partial charge is 0.351 e. The second-order valence-corrected chi connectivity index (χ2v) is 5.72. The Kier molecular flexibility index (Phi) is 4.82. The van der Waals surface area contributed by atoms with E-state index in [0.717, 1.165) is 5.56 Å². The number of primary amides is 1. The standard InChI is InChI=1S/C15H23N3O3/c1-10(17-13-8-20-15(2,3)21-9-13)11-4-6-12(7-5-11)18-14(16)19/h4-7,10,13,17H,8-9H2,1-3H3,(H3,16,18,19). The van der Waals surface area contributed by atoms with Crippen molar-refractivity contribution in [1.82, 2.24) is 5.32 Å². The molecular formula is C15H23N3O3. The summed E-state index contributed by atoms with van der Waals surface area (Å²) in [5, 5.41) is 6.01. The van der Waals surface area contributed by atoms with Gasteiger partial charge in [-0.3, -0.25) is 0 Å². The minimum absolute atomic E-state index is 0.158. The topological polar surface area (TPSA) is 85.6 Å². The predicted octanol–water partition coefficient (Wildman–Crippen LogP) is 1.98. The predicted molar refractivity (Wildman–Crippen MR) is 81.0 cm³/mol. The van der Waals surface area contributed by atoms with E-state index >= 15 is 0 Å². The highest BCUT2D eigenvalue weighted by molar-refractivity contribution is 5.87. The molecule has 2 rings (SSSR count). The van der Waals surface area contributed by atoms with Crippen LogP contribution in [-0.4, -0.2) is 31.1 Å². The Morgan fingerprint density at radius 3 is 2.38 bits per heavy atom. The lowest BCUT2D eigenvalue weighted by Gasteiger charge is -2.36. The van der Waals surface area contributed by atoms with Gasteiger partial charge in [-0.05, 0) is 38.5 Å². The van der Waals surface area contributed by atoms with Crippen LogP contribution in [0.25, 0.3) is 0 Å². The summed E-state index contributed by atoms with van der Waals surface area (Å²) < 4.78 is 11.3. The van der Waals surface area contributed by atoms with E-state index in [1.807, 2.05) is 38.1 Å². The Labute approximate surface area is 125 Å². The van der Waals surface area contributed by atoms with Gasteiger partial charge in [0.2, 0.25) is 0 Å². The molecule has 116 valence electrons. The molecule has 1 aliphatic rings. The molecule has 1 aromatic carbocycles. The first-order valence-corrected chi connectivity index (χ1v) is 7.06. The molecular weight excluding hydrogens is 270 g/mol. The molecule has 0 aliphatic carbocycles. The van der Waals surface area contributed by atoms with Crippen LogP contribution in [0.1, 0.15) is 32.4 Å². The van der Waals surface area contributed by atoms with Gasteiger partial charge in [0.25, 0.3) is 0 Å². The number of rotatable bonds is 4. The molecule has 0 aromatic heterocycles. The van der Waals surface area contributed by atoms with Gasteiger partial charge < -0.3 is 25.8 Å². The van der Waals surface area contributed by atoms with Crippen molar-refractivity contribution in [3.05, 3.63) is 29.8 Å². The Bertz CT molecular complexity index is 477. The fraction of sp³-hybridized carbons (Fsp3) is 0.533. The third-order valence-electron chi connectivity index (χ3n) is 3.43. The molecule has 1 unspecified atom stereocenters. The summed E-state index contributed by atoms with van der Waals surface area (Å²) in [6.45, 7) is 7.15. The maximum absolute atomic E-state index is 10.8. The summed E-state index contributed by atoms with van der Waals surface area (Å²) in [6.07, 6.45) is 0. The summed E-state index contributed by atoms with van der Waals surface area (Å²) in [5.41, 5.74) is 6.88. The smallest absolute Gasteiger partial charge is 0.316 e. The van der Waals surface area contributed by atoms with Gasteiger partial charge in [-0.25, -0.2) is 4.79 Å². The first kappa shape index (κ1) is 15.8. The highest BCUT2D eigenvalue weighted by Crippen LogP contribution is 2.20. The lowest BCUT2D eigenvalue weighted by Crippen LogP contribution is -2.49. The summed E-state index contributed by atoms with van der Waals surface area (Å²) in [4.78, 5) is 10.8. The van der Waals surface area contributed by atoms with Crippen LogP contribution in [0.5, 0.6) is 0 Å². The fourth-order valence-corrected chi connectivity index (χ4v) is 2.24. The number of carbonyl (C=O) groups excluding carboxylic acids is 1. The molecule has 1 heterocycles. The van der Waals surface area contributed by atoms with Crippen molar-refractivity contribution in [3.8, 4) is 0 Å². The average Bonchev–Trinajstić information content (AvgIpc) is 2.41.